The number of nitriles is 1. The Hall–Kier alpha value is -2.96. The Morgan fingerprint density at radius 1 is 1.38 bits per heavy atom. The van der Waals surface area contributed by atoms with Crippen LogP contribution in [0, 0.1) is 11.3 Å². The SMILES string of the molecule is COC[C@@H]1C[C@@H](N2Cc3sc(-c4cccc(C#N)c4)nc3C2=O)CN1C(=O)OC(C)(C)C. The molecule has 2 atom stereocenters. The van der Waals surface area contributed by atoms with Gasteiger partial charge in [0.1, 0.15) is 16.3 Å². The van der Waals surface area contributed by atoms with E-state index >= 15 is 0 Å². The molecule has 3 heterocycles. The summed E-state index contributed by atoms with van der Waals surface area (Å²) in [5.74, 6) is -0.119. The number of fused-ring (bicyclic) bond motifs is 1. The minimum Gasteiger partial charge on any atom is -0.444 e. The number of carbonyl (C=O) groups is 2. The van der Waals surface area contributed by atoms with Gasteiger partial charge in [-0.15, -0.1) is 11.3 Å². The van der Waals surface area contributed by atoms with Crippen molar-refractivity contribution in [2.75, 3.05) is 20.3 Å². The molecule has 0 saturated carbocycles. The number of benzene rings is 1. The van der Waals surface area contributed by atoms with Crippen LogP contribution in [-0.2, 0) is 16.0 Å². The normalized spacial score (nSPS) is 20.4. The van der Waals surface area contributed by atoms with E-state index in [1.807, 2.05) is 32.9 Å². The fourth-order valence-corrected chi connectivity index (χ4v) is 5.19. The summed E-state index contributed by atoms with van der Waals surface area (Å²) in [7, 11) is 1.60. The van der Waals surface area contributed by atoms with Gasteiger partial charge in [-0.25, -0.2) is 9.78 Å². The van der Waals surface area contributed by atoms with Gasteiger partial charge in [0, 0.05) is 19.2 Å². The Morgan fingerprint density at radius 2 is 2.16 bits per heavy atom. The van der Waals surface area contributed by atoms with Crippen LogP contribution in [0.5, 0.6) is 0 Å². The highest BCUT2D eigenvalue weighted by atomic mass is 32.1. The number of hydrogen-bond donors (Lipinski definition) is 0. The summed E-state index contributed by atoms with van der Waals surface area (Å²) in [4.78, 5) is 34.9. The number of thiazole rings is 1. The molecule has 2 aliphatic heterocycles. The molecule has 1 aromatic carbocycles. The van der Waals surface area contributed by atoms with E-state index in [0.717, 1.165) is 15.4 Å². The maximum atomic E-state index is 13.2. The zero-order chi connectivity index (χ0) is 23.0. The number of likely N-dealkylation sites (tertiary alicyclic amines) is 1. The van der Waals surface area contributed by atoms with Crippen molar-refractivity contribution in [2.45, 2.75) is 51.4 Å². The van der Waals surface area contributed by atoms with Crippen molar-refractivity contribution in [1.82, 2.24) is 14.8 Å². The van der Waals surface area contributed by atoms with Crippen LogP contribution >= 0.6 is 11.3 Å². The molecule has 2 aliphatic rings. The molecular formula is C23H26N4O4S. The summed E-state index contributed by atoms with van der Waals surface area (Å²) < 4.78 is 10.9. The van der Waals surface area contributed by atoms with Crippen molar-refractivity contribution in [3.8, 4) is 16.6 Å². The lowest BCUT2D eigenvalue weighted by molar-refractivity contribution is 0.0140. The first-order valence-electron chi connectivity index (χ1n) is 10.5. The summed E-state index contributed by atoms with van der Waals surface area (Å²) in [6, 6.07) is 9.08. The molecule has 8 nitrogen and oxygen atoms in total. The van der Waals surface area contributed by atoms with Gasteiger partial charge in [-0.3, -0.25) is 4.79 Å². The van der Waals surface area contributed by atoms with Crippen LogP contribution in [0.15, 0.2) is 24.3 Å². The maximum absolute atomic E-state index is 13.2. The second-order valence-electron chi connectivity index (χ2n) is 9.05. The highest BCUT2D eigenvalue weighted by Gasteiger charge is 2.44. The van der Waals surface area contributed by atoms with Crippen molar-refractivity contribution in [1.29, 1.82) is 5.26 Å². The predicted octanol–water partition coefficient (Wildman–Crippen LogP) is 3.66. The minimum atomic E-state index is -0.594. The minimum absolute atomic E-state index is 0.119. The molecule has 9 heteroatoms. The van der Waals surface area contributed by atoms with Crippen molar-refractivity contribution in [3.05, 3.63) is 40.4 Å². The molecule has 0 bridgehead atoms. The van der Waals surface area contributed by atoms with Gasteiger partial charge in [0.2, 0.25) is 0 Å². The Kier molecular flexibility index (Phi) is 5.93. The van der Waals surface area contributed by atoms with E-state index < -0.39 is 5.60 Å². The first-order valence-corrected chi connectivity index (χ1v) is 11.3. The molecule has 2 aromatic rings. The van der Waals surface area contributed by atoms with Crippen molar-refractivity contribution >= 4 is 23.3 Å². The van der Waals surface area contributed by atoms with Crippen molar-refractivity contribution in [3.63, 3.8) is 0 Å². The number of aromatic nitrogens is 1. The number of hydrogen-bond acceptors (Lipinski definition) is 7. The van der Waals surface area contributed by atoms with Crippen LogP contribution in [0.25, 0.3) is 10.6 Å². The van der Waals surface area contributed by atoms with Crippen molar-refractivity contribution < 1.29 is 19.1 Å². The largest absolute Gasteiger partial charge is 0.444 e. The van der Waals surface area contributed by atoms with Gasteiger partial charge < -0.3 is 19.3 Å². The topological polar surface area (TPSA) is 95.8 Å². The van der Waals surface area contributed by atoms with E-state index in [4.69, 9.17) is 14.7 Å². The van der Waals surface area contributed by atoms with Crippen LogP contribution in [0.1, 0.15) is 48.1 Å². The Bertz CT molecular complexity index is 1080. The Balaban J connectivity index is 1.50. The molecule has 1 saturated heterocycles. The van der Waals surface area contributed by atoms with Crippen LogP contribution in [0.2, 0.25) is 0 Å². The molecule has 32 heavy (non-hydrogen) atoms. The summed E-state index contributed by atoms with van der Waals surface area (Å²) in [5.41, 5.74) is 1.26. The second-order valence-corrected chi connectivity index (χ2v) is 10.1. The molecular weight excluding hydrogens is 428 g/mol. The fraction of sp³-hybridized carbons (Fsp3) is 0.478. The second kappa shape index (κ2) is 8.52. The molecule has 0 N–H and O–H groups in total. The molecule has 0 unspecified atom stereocenters. The molecule has 0 aliphatic carbocycles. The zero-order valence-corrected chi connectivity index (χ0v) is 19.4. The molecule has 1 aromatic heterocycles. The van der Waals surface area contributed by atoms with E-state index in [1.54, 1.807) is 29.0 Å². The lowest BCUT2D eigenvalue weighted by atomic mass is 10.1. The third kappa shape index (κ3) is 4.33. The number of methoxy groups -OCH3 is 1. The number of ether oxygens (including phenoxy) is 2. The van der Waals surface area contributed by atoms with E-state index in [2.05, 4.69) is 11.1 Å². The third-order valence-electron chi connectivity index (χ3n) is 5.53. The quantitative estimate of drug-likeness (QED) is 0.700. The lowest BCUT2D eigenvalue weighted by Gasteiger charge is -2.28. The smallest absolute Gasteiger partial charge is 0.410 e. The molecule has 168 valence electrons. The molecule has 0 radical (unpaired) electrons. The van der Waals surface area contributed by atoms with Gasteiger partial charge in [0.05, 0.1) is 41.7 Å². The Labute approximate surface area is 191 Å². The standard InChI is InChI=1S/C23H26N4O4S/c1-23(2,3)31-22(29)27-11-16(9-17(27)13-30-4)26-12-18-19(21(26)28)25-20(32-18)15-7-5-6-14(8-15)10-24/h5-8,16-17H,9,11-13H2,1-4H3/t16-,17+/m1/s1. The number of rotatable bonds is 4. The molecule has 4 rings (SSSR count). The number of nitrogens with zero attached hydrogens (tertiary/aromatic N) is 4. The number of amides is 2. The first kappa shape index (κ1) is 22.2. The van der Waals surface area contributed by atoms with E-state index in [0.29, 0.717) is 37.4 Å². The molecule has 0 spiro atoms. The number of carbonyl (C=O) groups excluding carboxylic acids is 2. The fourth-order valence-electron chi connectivity index (χ4n) is 4.14. The summed E-state index contributed by atoms with van der Waals surface area (Å²) in [5, 5.41) is 9.87. The Morgan fingerprint density at radius 3 is 2.81 bits per heavy atom. The summed E-state index contributed by atoms with van der Waals surface area (Å²) >= 11 is 1.47. The van der Waals surface area contributed by atoms with E-state index in [1.165, 1.54) is 11.3 Å². The molecule has 1 fully saturated rings. The summed E-state index contributed by atoms with van der Waals surface area (Å²) in [6.07, 6.45) is 0.242. The van der Waals surface area contributed by atoms with E-state index in [-0.39, 0.29) is 24.1 Å². The van der Waals surface area contributed by atoms with Crippen LogP contribution in [0.4, 0.5) is 4.79 Å². The van der Waals surface area contributed by atoms with Crippen molar-refractivity contribution in [2.24, 2.45) is 0 Å². The maximum Gasteiger partial charge on any atom is 0.410 e. The average molecular weight is 455 g/mol. The van der Waals surface area contributed by atoms with Gasteiger partial charge in [-0.1, -0.05) is 12.1 Å². The van der Waals surface area contributed by atoms with Gasteiger partial charge in [-0.05, 0) is 39.3 Å². The predicted molar refractivity (Wildman–Crippen MR) is 119 cm³/mol. The first-order chi connectivity index (χ1) is 15.2. The average Bonchev–Trinajstić information content (AvgIpc) is 3.41. The monoisotopic (exact) mass is 454 g/mol. The summed E-state index contributed by atoms with van der Waals surface area (Å²) in [6.45, 7) is 6.76. The highest BCUT2D eigenvalue weighted by Crippen LogP contribution is 2.37. The van der Waals surface area contributed by atoms with Gasteiger partial charge >= 0.3 is 6.09 Å². The van der Waals surface area contributed by atoms with Crippen LogP contribution in [-0.4, -0.2) is 64.7 Å². The highest BCUT2D eigenvalue weighted by molar-refractivity contribution is 7.15. The van der Waals surface area contributed by atoms with Crippen LogP contribution < -0.4 is 0 Å². The lowest BCUT2D eigenvalue weighted by Crippen LogP contribution is -2.43. The van der Waals surface area contributed by atoms with E-state index in [9.17, 15) is 9.59 Å². The zero-order valence-electron chi connectivity index (χ0n) is 18.6. The van der Waals surface area contributed by atoms with Crippen LogP contribution in [0.3, 0.4) is 0 Å². The van der Waals surface area contributed by atoms with Gasteiger partial charge in [0.25, 0.3) is 5.91 Å². The van der Waals surface area contributed by atoms with Gasteiger partial charge in [0.15, 0.2) is 0 Å². The van der Waals surface area contributed by atoms with Gasteiger partial charge in [-0.2, -0.15) is 5.26 Å². The third-order valence-corrected chi connectivity index (χ3v) is 6.62. The molecule has 2 amide bonds.